The molecule has 0 aliphatic carbocycles. The van der Waals surface area contributed by atoms with Crippen molar-refractivity contribution in [3.8, 4) is 0 Å². The van der Waals surface area contributed by atoms with E-state index in [4.69, 9.17) is 22.8 Å². The lowest BCUT2D eigenvalue weighted by atomic mass is 9.89. The standard InChI is InChI=1S/C5H10BNO3/c6-5(8,9)4-3-7-1-2-10-4/h4,7-9H,1-3H2. The zero-order chi connectivity index (χ0) is 7.61. The predicted molar refractivity (Wildman–Crippen MR) is 35.5 cm³/mol. The maximum Gasteiger partial charge on any atom is 0.157 e. The molecule has 2 radical (unpaired) electrons. The first-order valence-electron chi connectivity index (χ1n) is 3.16. The van der Waals surface area contributed by atoms with Crippen LogP contribution in [0.1, 0.15) is 0 Å². The topological polar surface area (TPSA) is 61.7 Å². The summed E-state index contributed by atoms with van der Waals surface area (Å²) < 4.78 is 4.95. The van der Waals surface area contributed by atoms with E-state index in [0.717, 1.165) is 6.54 Å². The van der Waals surface area contributed by atoms with E-state index in [1.54, 1.807) is 0 Å². The van der Waals surface area contributed by atoms with Gasteiger partial charge in [0.25, 0.3) is 0 Å². The van der Waals surface area contributed by atoms with Crippen LogP contribution in [0.5, 0.6) is 0 Å². The molecule has 0 aromatic heterocycles. The first-order chi connectivity index (χ1) is 4.61. The zero-order valence-electron chi connectivity index (χ0n) is 5.58. The van der Waals surface area contributed by atoms with Crippen molar-refractivity contribution in [1.82, 2.24) is 5.32 Å². The highest BCUT2D eigenvalue weighted by atomic mass is 16.6. The summed E-state index contributed by atoms with van der Waals surface area (Å²) >= 11 is 0. The summed E-state index contributed by atoms with van der Waals surface area (Å²) in [7, 11) is 4.96. The molecular weight excluding hydrogens is 133 g/mol. The highest BCUT2D eigenvalue weighted by molar-refractivity contribution is 6.13. The van der Waals surface area contributed by atoms with Crippen molar-refractivity contribution in [2.24, 2.45) is 0 Å². The molecule has 10 heavy (non-hydrogen) atoms. The minimum atomic E-state index is -2.21. The van der Waals surface area contributed by atoms with Crippen LogP contribution in [0.2, 0.25) is 0 Å². The van der Waals surface area contributed by atoms with Crippen molar-refractivity contribution in [3.05, 3.63) is 0 Å². The maximum absolute atomic E-state index is 8.81. The van der Waals surface area contributed by atoms with Gasteiger partial charge in [-0.1, -0.05) is 0 Å². The van der Waals surface area contributed by atoms with Gasteiger partial charge < -0.3 is 20.3 Å². The summed E-state index contributed by atoms with van der Waals surface area (Å²) in [6.45, 7) is 1.57. The molecular formula is C5H10BNO3. The smallest absolute Gasteiger partial charge is 0.157 e. The van der Waals surface area contributed by atoms with Gasteiger partial charge in [-0.25, -0.2) is 0 Å². The monoisotopic (exact) mass is 143 g/mol. The van der Waals surface area contributed by atoms with Gasteiger partial charge in [-0.15, -0.1) is 0 Å². The van der Waals surface area contributed by atoms with E-state index < -0.39 is 11.8 Å². The Hall–Kier alpha value is -0.0951. The van der Waals surface area contributed by atoms with E-state index in [-0.39, 0.29) is 0 Å². The van der Waals surface area contributed by atoms with Crippen LogP contribution in [0, 0.1) is 0 Å². The fourth-order valence-corrected chi connectivity index (χ4v) is 0.838. The number of hydrogen-bond acceptors (Lipinski definition) is 4. The molecule has 0 saturated carbocycles. The third-order valence-electron chi connectivity index (χ3n) is 1.40. The molecule has 1 aliphatic rings. The highest BCUT2D eigenvalue weighted by Crippen LogP contribution is 2.07. The zero-order valence-corrected chi connectivity index (χ0v) is 5.58. The molecule has 0 aromatic carbocycles. The Morgan fingerprint density at radius 2 is 2.30 bits per heavy atom. The van der Waals surface area contributed by atoms with Gasteiger partial charge in [-0.05, 0) is 0 Å². The Kier molecular flexibility index (Phi) is 2.30. The van der Waals surface area contributed by atoms with Crippen LogP contribution in [0.3, 0.4) is 0 Å². The average molecular weight is 143 g/mol. The van der Waals surface area contributed by atoms with E-state index in [0.29, 0.717) is 13.2 Å². The molecule has 5 heteroatoms. The van der Waals surface area contributed by atoms with Gasteiger partial charge >= 0.3 is 0 Å². The Bertz CT molecular complexity index is 108. The first kappa shape index (κ1) is 8.01. The molecule has 3 N–H and O–H groups in total. The minimum absolute atomic E-state index is 0.378. The second kappa shape index (κ2) is 2.88. The Morgan fingerprint density at radius 1 is 1.60 bits per heavy atom. The third-order valence-corrected chi connectivity index (χ3v) is 1.40. The van der Waals surface area contributed by atoms with Crippen molar-refractivity contribution in [2.75, 3.05) is 19.7 Å². The van der Waals surface area contributed by atoms with E-state index in [9.17, 15) is 0 Å². The predicted octanol–water partition coefficient (Wildman–Crippen LogP) is -2.22. The molecule has 0 bridgehead atoms. The molecule has 1 heterocycles. The van der Waals surface area contributed by atoms with Crippen LogP contribution in [0.25, 0.3) is 0 Å². The van der Waals surface area contributed by atoms with Crippen LogP contribution < -0.4 is 5.32 Å². The van der Waals surface area contributed by atoms with Gasteiger partial charge in [0.2, 0.25) is 0 Å². The SMILES string of the molecule is [B]C(O)(O)C1CNCCO1. The third kappa shape index (κ3) is 1.95. The lowest BCUT2D eigenvalue weighted by Crippen LogP contribution is -2.53. The number of nitrogens with one attached hydrogen (secondary N) is 1. The Morgan fingerprint density at radius 3 is 2.60 bits per heavy atom. The van der Waals surface area contributed by atoms with Crippen molar-refractivity contribution in [2.45, 2.75) is 11.8 Å². The molecule has 1 fully saturated rings. The van der Waals surface area contributed by atoms with E-state index in [1.807, 2.05) is 0 Å². The van der Waals surface area contributed by atoms with Crippen molar-refractivity contribution in [3.63, 3.8) is 0 Å². The number of ether oxygens (including phenoxy) is 1. The molecule has 1 rings (SSSR count). The molecule has 1 unspecified atom stereocenters. The summed E-state index contributed by atoms with van der Waals surface area (Å²) in [5.74, 6) is 0. The highest BCUT2D eigenvalue weighted by Gasteiger charge is 2.30. The first-order valence-corrected chi connectivity index (χ1v) is 3.16. The number of rotatable bonds is 1. The second-order valence-corrected chi connectivity index (χ2v) is 2.35. The molecule has 1 aliphatic heterocycles. The fraction of sp³-hybridized carbons (Fsp3) is 1.00. The van der Waals surface area contributed by atoms with Crippen LogP contribution in [-0.4, -0.2) is 49.5 Å². The van der Waals surface area contributed by atoms with Crippen molar-refractivity contribution in [1.29, 1.82) is 0 Å². The van der Waals surface area contributed by atoms with Gasteiger partial charge in [0.05, 0.1) is 6.61 Å². The molecule has 1 saturated heterocycles. The molecule has 4 nitrogen and oxygen atoms in total. The molecule has 0 spiro atoms. The van der Waals surface area contributed by atoms with Crippen LogP contribution in [0.4, 0.5) is 0 Å². The fourth-order valence-electron chi connectivity index (χ4n) is 0.838. The summed E-state index contributed by atoms with van der Waals surface area (Å²) in [5.41, 5.74) is -2.21. The lowest BCUT2D eigenvalue weighted by molar-refractivity contribution is -0.185. The maximum atomic E-state index is 8.81. The second-order valence-electron chi connectivity index (χ2n) is 2.35. The summed E-state index contributed by atoms with van der Waals surface area (Å²) in [5, 5.41) is 20.5. The minimum Gasteiger partial charge on any atom is -0.372 e. The van der Waals surface area contributed by atoms with Gasteiger partial charge in [-0.3, -0.25) is 0 Å². The van der Waals surface area contributed by atoms with Gasteiger partial charge in [-0.2, -0.15) is 0 Å². The lowest BCUT2D eigenvalue weighted by Gasteiger charge is -2.32. The van der Waals surface area contributed by atoms with Crippen molar-refractivity contribution < 1.29 is 14.9 Å². The number of morpholine rings is 1. The van der Waals surface area contributed by atoms with Crippen LogP contribution >= 0.6 is 0 Å². The molecule has 0 amide bonds. The van der Waals surface area contributed by atoms with Gasteiger partial charge in [0, 0.05) is 13.1 Å². The van der Waals surface area contributed by atoms with Gasteiger partial charge in [0.15, 0.2) is 7.85 Å². The van der Waals surface area contributed by atoms with Crippen molar-refractivity contribution >= 4 is 7.85 Å². The van der Waals surface area contributed by atoms with E-state index >= 15 is 0 Å². The average Bonchev–Trinajstić information content (AvgIpc) is 1.88. The number of hydrogen-bond donors (Lipinski definition) is 3. The van der Waals surface area contributed by atoms with E-state index in [1.165, 1.54) is 0 Å². The van der Waals surface area contributed by atoms with Crippen LogP contribution in [-0.2, 0) is 4.74 Å². The molecule has 56 valence electrons. The largest absolute Gasteiger partial charge is 0.372 e. The van der Waals surface area contributed by atoms with Gasteiger partial charge in [0.1, 0.15) is 11.8 Å². The summed E-state index contributed by atoms with van der Waals surface area (Å²) in [6, 6.07) is 0. The molecule has 0 aromatic rings. The normalized spacial score (nSPS) is 28.4. The Balaban J connectivity index is 2.39. The van der Waals surface area contributed by atoms with Crippen LogP contribution in [0.15, 0.2) is 0 Å². The Labute approximate surface area is 60.6 Å². The number of aliphatic hydroxyl groups is 2. The molecule has 1 atom stereocenters. The summed E-state index contributed by atoms with van der Waals surface area (Å²) in [6.07, 6.45) is -0.721. The van der Waals surface area contributed by atoms with E-state index in [2.05, 4.69) is 5.32 Å². The summed E-state index contributed by atoms with van der Waals surface area (Å²) in [4.78, 5) is 0. The quantitative estimate of drug-likeness (QED) is 0.287.